The van der Waals surface area contributed by atoms with Crippen LogP contribution in [0, 0.1) is 4.91 Å². The Kier molecular flexibility index (Phi) is 2.63. The molecule has 0 fully saturated rings. The first kappa shape index (κ1) is 8.52. The minimum atomic E-state index is 0.201. The van der Waals surface area contributed by atoms with Crippen LogP contribution < -0.4 is 0 Å². The average molecular weight is 166 g/mol. The predicted molar refractivity (Wildman–Crippen MR) is 45.4 cm³/mol. The van der Waals surface area contributed by atoms with E-state index in [2.05, 4.69) is 5.29 Å². The molecular formula is C8H10N2O2. The zero-order valence-corrected chi connectivity index (χ0v) is 6.77. The topological polar surface area (TPSA) is 52.9 Å². The molecule has 1 aromatic carbocycles. The fourth-order valence-corrected chi connectivity index (χ4v) is 0.948. The Morgan fingerprint density at radius 3 is 2.92 bits per heavy atom. The van der Waals surface area contributed by atoms with Gasteiger partial charge in [-0.3, -0.25) is 5.01 Å². The molecule has 0 aliphatic heterocycles. The molecule has 0 unspecified atom stereocenters. The van der Waals surface area contributed by atoms with Crippen molar-refractivity contribution in [1.29, 1.82) is 0 Å². The summed E-state index contributed by atoms with van der Waals surface area (Å²) in [7, 11) is 1.58. The van der Waals surface area contributed by atoms with Crippen LogP contribution in [0.25, 0.3) is 0 Å². The molecule has 0 saturated carbocycles. The minimum Gasteiger partial charge on any atom is -0.508 e. The number of benzene rings is 1. The number of nitrogens with zero attached hydrogens (tertiary/aromatic N) is 2. The summed E-state index contributed by atoms with van der Waals surface area (Å²) in [4.78, 5) is 10.0. The molecule has 4 heteroatoms. The quantitative estimate of drug-likeness (QED) is 0.547. The molecule has 1 N–H and O–H groups in total. The van der Waals surface area contributed by atoms with Gasteiger partial charge in [-0.05, 0) is 17.7 Å². The number of aromatic hydroxyl groups is 1. The molecule has 4 nitrogen and oxygen atoms in total. The summed E-state index contributed by atoms with van der Waals surface area (Å²) in [6.07, 6.45) is 0. The second kappa shape index (κ2) is 3.71. The Hall–Kier alpha value is -1.58. The molecule has 1 rings (SSSR count). The molecule has 0 radical (unpaired) electrons. The normalized spacial score (nSPS) is 9.42. The lowest BCUT2D eigenvalue weighted by atomic mass is 10.2. The SMILES string of the molecule is CN(Cc1cccc(O)c1)N=O. The second-order valence-electron chi connectivity index (χ2n) is 2.57. The van der Waals surface area contributed by atoms with Crippen LogP contribution in [0.3, 0.4) is 0 Å². The van der Waals surface area contributed by atoms with Gasteiger partial charge in [-0.1, -0.05) is 12.1 Å². The maximum atomic E-state index is 10.0. The Morgan fingerprint density at radius 2 is 2.33 bits per heavy atom. The molecule has 0 aromatic heterocycles. The highest BCUT2D eigenvalue weighted by Gasteiger charge is 1.97. The van der Waals surface area contributed by atoms with E-state index >= 15 is 0 Å². The van der Waals surface area contributed by atoms with Crippen LogP contribution in [0.2, 0.25) is 0 Å². The van der Waals surface area contributed by atoms with E-state index in [1.807, 2.05) is 6.07 Å². The first-order valence-electron chi connectivity index (χ1n) is 3.54. The number of phenolic OH excluding ortho intramolecular Hbond substituents is 1. The number of rotatable bonds is 3. The highest BCUT2D eigenvalue weighted by atomic mass is 16.3. The van der Waals surface area contributed by atoms with Crippen LogP contribution in [0.15, 0.2) is 29.6 Å². The van der Waals surface area contributed by atoms with Crippen LogP contribution in [-0.4, -0.2) is 17.2 Å². The van der Waals surface area contributed by atoms with Gasteiger partial charge in [0.1, 0.15) is 5.75 Å². The third-order valence-corrected chi connectivity index (χ3v) is 1.46. The summed E-state index contributed by atoms with van der Waals surface area (Å²) in [5, 5.41) is 13.0. The monoisotopic (exact) mass is 166 g/mol. The second-order valence-corrected chi connectivity index (χ2v) is 2.57. The van der Waals surface area contributed by atoms with Crippen molar-refractivity contribution in [2.75, 3.05) is 7.05 Å². The van der Waals surface area contributed by atoms with Gasteiger partial charge >= 0.3 is 0 Å². The van der Waals surface area contributed by atoms with Crippen molar-refractivity contribution < 1.29 is 5.11 Å². The van der Waals surface area contributed by atoms with E-state index < -0.39 is 0 Å². The largest absolute Gasteiger partial charge is 0.508 e. The van der Waals surface area contributed by atoms with Gasteiger partial charge in [-0.15, -0.1) is 4.91 Å². The molecule has 0 saturated heterocycles. The van der Waals surface area contributed by atoms with Gasteiger partial charge in [-0.25, -0.2) is 0 Å². The van der Waals surface area contributed by atoms with Crippen LogP contribution in [0.1, 0.15) is 5.56 Å². The summed E-state index contributed by atoms with van der Waals surface area (Å²) in [6.45, 7) is 0.415. The number of hydrogen-bond donors (Lipinski definition) is 1. The molecule has 64 valence electrons. The van der Waals surface area contributed by atoms with E-state index in [-0.39, 0.29) is 5.75 Å². The Balaban J connectivity index is 2.69. The summed E-state index contributed by atoms with van der Waals surface area (Å²) < 4.78 is 0. The molecule has 0 bridgehead atoms. The zero-order chi connectivity index (χ0) is 8.97. The van der Waals surface area contributed by atoms with Crippen LogP contribution in [0.5, 0.6) is 5.75 Å². The van der Waals surface area contributed by atoms with Crippen molar-refractivity contribution >= 4 is 0 Å². The smallest absolute Gasteiger partial charge is 0.115 e. The van der Waals surface area contributed by atoms with Gasteiger partial charge in [-0.2, -0.15) is 0 Å². The van der Waals surface area contributed by atoms with Crippen molar-refractivity contribution in [2.45, 2.75) is 6.54 Å². The maximum Gasteiger partial charge on any atom is 0.115 e. The third kappa shape index (κ3) is 2.23. The first-order chi connectivity index (χ1) is 5.72. The van der Waals surface area contributed by atoms with Gasteiger partial charge in [0.15, 0.2) is 0 Å². The van der Waals surface area contributed by atoms with Crippen molar-refractivity contribution in [3.8, 4) is 5.75 Å². The van der Waals surface area contributed by atoms with E-state index in [1.165, 1.54) is 5.01 Å². The lowest BCUT2D eigenvalue weighted by molar-refractivity contribution is 0.341. The molecule has 12 heavy (non-hydrogen) atoms. The van der Waals surface area contributed by atoms with Gasteiger partial charge < -0.3 is 5.11 Å². The summed E-state index contributed by atoms with van der Waals surface area (Å²) >= 11 is 0. The van der Waals surface area contributed by atoms with E-state index in [0.717, 1.165) is 5.56 Å². The average Bonchev–Trinajstić information content (AvgIpc) is 2.04. The van der Waals surface area contributed by atoms with Crippen molar-refractivity contribution in [1.82, 2.24) is 5.01 Å². The lowest BCUT2D eigenvalue weighted by Crippen LogP contribution is -2.08. The Morgan fingerprint density at radius 1 is 1.58 bits per heavy atom. The van der Waals surface area contributed by atoms with Gasteiger partial charge in [0.25, 0.3) is 0 Å². The predicted octanol–water partition coefficient (Wildman–Crippen LogP) is 1.51. The van der Waals surface area contributed by atoms with Crippen molar-refractivity contribution in [3.63, 3.8) is 0 Å². The molecule has 0 spiro atoms. The van der Waals surface area contributed by atoms with Gasteiger partial charge in [0, 0.05) is 7.05 Å². The molecule has 0 atom stereocenters. The number of hydrogen-bond acceptors (Lipinski definition) is 3. The molecule has 0 heterocycles. The first-order valence-corrected chi connectivity index (χ1v) is 3.54. The summed E-state index contributed by atoms with van der Waals surface area (Å²) in [5.74, 6) is 0.201. The minimum absolute atomic E-state index is 0.201. The highest BCUT2D eigenvalue weighted by Crippen LogP contribution is 2.12. The highest BCUT2D eigenvalue weighted by molar-refractivity contribution is 5.26. The maximum absolute atomic E-state index is 10.0. The van der Waals surface area contributed by atoms with E-state index in [1.54, 1.807) is 25.2 Å². The Labute approximate surface area is 70.4 Å². The van der Waals surface area contributed by atoms with Crippen molar-refractivity contribution in [2.24, 2.45) is 5.29 Å². The fraction of sp³-hybridized carbons (Fsp3) is 0.250. The lowest BCUT2D eigenvalue weighted by Gasteiger charge is -2.07. The molecular weight excluding hydrogens is 156 g/mol. The zero-order valence-electron chi connectivity index (χ0n) is 6.77. The number of nitroso groups, excluding NO2 is 1. The Bertz CT molecular complexity index is 276. The fourth-order valence-electron chi connectivity index (χ4n) is 0.948. The molecule has 0 aliphatic carbocycles. The van der Waals surface area contributed by atoms with Gasteiger partial charge in [0.05, 0.1) is 11.8 Å². The van der Waals surface area contributed by atoms with Crippen molar-refractivity contribution in [3.05, 3.63) is 34.7 Å². The third-order valence-electron chi connectivity index (χ3n) is 1.46. The molecule has 1 aromatic rings. The summed E-state index contributed by atoms with van der Waals surface area (Å²) in [6, 6.07) is 6.73. The van der Waals surface area contributed by atoms with E-state index in [4.69, 9.17) is 5.11 Å². The van der Waals surface area contributed by atoms with E-state index in [0.29, 0.717) is 6.54 Å². The molecule has 0 amide bonds. The number of phenols is 1. The van der Waals surface area contributed by atoms with Crippen LogP contribution in [-0.2, 0) is 6.54 Å². The summed E-state index contributed by atoms with van der Waals surface area (Å²) in [5.41, 5.74) is 0.858. The van der Waals surface area contributed by atoms with Gasteiger partial charge in [0.2, 0.25) is 0 Å². The molecule has 0 aliphatic rings. The van der Waals surface area contributed by atoms with Crippen LogP contribution in [0.4, 0.5) is 0 Å². The van der Waals surface area contributed by atoms with E-state index in [9.17, 15) is 4.91 Å². The van der Waals surface area contributed by atoms with Crippen LogP contribution >= 0.6 is 0 Å². The standard InChI is InChI=1S/C8H10N2O2/c1-10(9-12)6-7-3-2-4-8(11)5-7/h2-5,11H,6H2,1H3.